The van der Waals surface area contributed by atoms with E-state index < -0.39 is 0 Å². The molecule has 5 nitrogen and oxygen atoms in total. The van der Waals surface area contributed by atoms with Crippen LogP contribution in [-0.2, 0) is 4.79 Å². The Balaban J connectivity index is 2.60. The van der Waals surface area contributed by atoms with Crippen molar-refractivity contribution in [3.05, 3.63) is 17.8 Å². The van der Waals surface area contributed by atoms with Gasteiger partial charge in [-0.3, -0.25) is 4.79 Å². The van der Waals surface area contributed by atoms with Crippen molar-refractivity contribution in [1.29, 1.82) is 0 Å². The number of hydrogen-bond acceptors (Lipinski definition) is 4. The molecule has 0 atom stereocenters. The fourth-order valence-corrected chi connectivity index (χ4v) is 1.38. The van der Waals surface area contributed by atoms with Gasteiger partial charge in [-0.25, -0.2) is 4.98 Å². The molecule has 5 heteroatoms. The Kier molecular flexibility index (Phi) is 4.75. The van der Waals surface area contributed by atoms with E-state index in [4.69, 9.17) is 5.73 Å². The number of nitrogens with zero attached hydrogens (tertiary/aromatic N) is 2. The van der Waals surface area contributed by atoms with E-state index in [-0.39, 0.29) is 5.91 Å². The van der Waals surface area contributed by atoms with Crippen molar-refractivity contribution < 1.29 is 4.79 Å². The summed E-state index contributed by atoms with van der Waals surface area (Å²) in [7, 11) is 1.84. The smallest absolute Gasteiger partial charge is 0.239 e. The lowest BCUT2D eigenvalue weighted by Gasteiger charge is -2.18. The van der Waals surface area contributed by atoms with Crippen LogP contribution in [0, 0.1) is 6.92 Å². The summed E-state index contributed by atoms with van der Waals surface area (Å²) in [5.74, 6) is 0.758. The number of anilines is 2. The predicted molar refractivity (Wildman–Crippen MR) is 70.0 cm³/mol. The molecule has 0 spiro atoms. The van der Waals surface area contributed by atoms with Crippen LogP contribution >= 0.6 is 0 Å². The first-order chi connectivity index (χ1) is 8.04. The van der Waals surface area contributed by atoms with Gasteiger partial charge < -0.3 is 16.0 Å². The van der Waals surface area contributed by atoms with E-state index in [9.17, 15) is 4.79 Å². The number of rotatable bonds is 5. The first-order valence-corrected chi connectivity index (χ1v) is 5.74. The van der Waals surface area contributed by atoms with Gasteiger partial charge in [0.05, 0.1) is 18.4 Å². The number of carbonyl (C=O) groups excluding carboxylic acids is 1. The Bertz CT molecular complexity index is 392. The van der Waals surface area contributed by atoms with Gasteiger partial charge in [0.25, 0.3) is 0 Å². The highest BCUT2D eigenvalue weighted by atomic mass is 16.2. The topological polar surface area (TPSA) is 71.2 Å². The zero-order valence-corrected chi connectivity index (χ0v) is 10.7. The van der Waals surface area contributed by atoms with E-state index in [2.05, 4.69) is 10.3 Å². The highest BCUT2D eigenvalue weighted by Gasteiger charge is 2.08. The van der Waals surface area contributed by atoms with Gasteiger partial charge in [-0.15, -0.1) is 0 Å². The number of hydrogen-bond donors (Lipinski definition) is 2. The number of likely N-dealkylation sites (N-methyl/N-ethyl adjacent to an activating group) is 1. The molecule has 0 fully saturated rings. The van der Waals surface area contributed by atoms with Gasteiger partial charge in [0, 0.05) is 13.6 Å². The minimum Gasteiger partial charge on any atom is -0.397 e. The third-order valence-corrected chi connectivity index (χ3v) is 2.48. The van der Waals surface area contributed by atoms with Crippen molar-refractivity contribution in [1.82, 2.24) is 10.3 Å². The monoisotopic (exact) mass is 236 g/mol. The number of nitrogen functional groups attached to an aromatic ring is 1. The summed E-state index contributed by atoms with van der Waals surface area (Å²) in [6, 6.07) is 1.88. The van der Waals surface area contributed by atoms with Crippen molar-refractivity contribution in [2.45, 2.75) is 20.3 Å². The number of nitrogens with one attached hydrogen (secondary N) is 1. The molecule has 0 unspecified atom stereocenters. The third-order valence-electron chi connectivity index (χ3n) is 2.48. The summed E-state index contributed by atoms with van der Waals surface area (Å²) in [6.45, 7) is 4.96. The lowest BCUT2D eigenvalue weighted by molar-refractivity contribution is -0.119. The van der Waals surface area contributed by atoms with E-state index in [0.717, 1.165) is 17.8 Å². The Morgan fingerprint density at radius 3 is 2.88 bits per heavy atom. The zero-order chi connectivity index (χ0) is 12.8. The SMILES string of the molecule is CCCNC(=O)CN(C)c1cc(C)c(N)cn1. The van der Waals surface area contributed by atoms with Gasteiger partial charge in [0.2, 0.25) is 5.91 Å². The van der Waals surface area contributed by atoms with Crippen LogP contribution in [0.15, 0.2) is 12.3 Å². The van der Waals surface area contributed by atoms with Crippen LogP contribution in [0.3, 0.4) is 0 Å². The average Bonchev–Trinajstić information content (AvgIpc) is 2.30. The highest BCUT2D eigenvalue weighted by molar-refractivity contribution is 5.80. The van der Waals surface area contributed by atoms with E-state index in [1.807, 2.05) is 27.0 Å². The summed E-state index contributed by atoms with van der Waals surface area (Å²) in [6.07, 6.45) is 2.56. The Labute approximate surface area is 102 Å². The average molecular weight is 236 g/mol. The molecule has 0 aliphatic carbocycles. The normalized spacial score (nSPS) is 10.1. The van der Waals surface area contributed by atoms with Crippen LogP contribution in [0.4, 0.5) is 11.5 Å². The summed E-state index contributed by atoms with van der Waals surface area (Å²) < 4.78 is 0. The molecule has 0 aliphatic rings. The summed E-state index contributed by atoms with van der Waals surface area (Å²) in [5, 5.41) is 2.83. The molecule has 1 aromatic heterocycles. The van der Waals surface area contributed by atoms with Gasteiger partial charge in [-0.1, -0.05) is 6.92 Å². The van der Waals surface area contributed by atoms with Crippen molar-refractivity contribution in [2.24, 2.45) is 0 Å². The maximum absolute atomic E-state index is 11.5. The molecule has 0 aliphatic heterocycles. The quantitative estimate of drug-likeness (QED) is 0.798. The van der Waals surface area contributed by atoms with E-state index >= 15 is 0 Å². The maximum Gasteiger partial charge on any atom is 0.239 e. The molecule has 1 amide bonds. The molecule has 1 aromatic rings. The summed E-state index contributed by atoms with van der Waals surface area (Å²) in [5.41, 5.74) is 7.33. The molecular formula is C12H20N4O. The van der Waals surface area contributed by atoms with Crippen molar-refractivity contribution in [2.75, 3.05) is 30.8 Å². The summed E-state index contributed by atoms with van der Waals surface area (Å²) >= 11 is 0. The number of nitrogens with two attached hydrogens (primary N) is 1. The van der Waals surface area contributed by atoms with Gasteiger partial charge in [0.15, 0.2) is 0 Å². The zero-order valence-electron chi connectivity index (χ0n) is 10.7. The molecule has 3 N–H and O–H groups in total. The Morgan fingerprint density at radius 2 is 2.29 bits per heavy atom. The maximum atomic E-state index is 11.5. The number of aromatic nitrogens is 1. The molecule has 17 heavy (non-hydrogen) atoms. The summed E-state index contributed by atoms with van der Waals surface area (Å²) in [4.78, 5) is 17.5. The number of aryl methyl sites for hydroxylation is 1. The molecule has 0 aromatic carbocycles. The fourth-order valence-electron chi connectivity index (χ4n) is 1.38. The molecule has 94 valence electrons. The van der Waals surface area contributed by atoms with Crippen molar-refractivity contribution in [3.63, 3.8) is 0 Å². The van der Waals surface area contributed by atoms with Crippen molar-refractivity contribution >= 4 is 17.4 Å². The number of pyridine rings is 1. The molecule has 1 rings (SSSR count). The van der Waals surface area contributed by atoms with Gasteiger partial charge >= 0.3 is 0 Å². The Morgan fingerprint density at radius 1 is 1.59 bits per heavy atom. The van der Waals surface area contributed by atoms with E-state index in [1.54, 1.807) is 11.1 Å². The van der Waals surface area contributed by atoms with Gasteiger partial charge in [0.1, 0.15) is 5.82 Å². The van der Waals surface area contributed by atoms with Crippen LogP contribution in [0.5, 0.6) is 0 Å². The molecule has 0 saturated heterocycles. The van der Waals surface area contributed by atoms with Crippen LogP contribution in [0.2, 0.25) is 0 Å². The van der Waals surface area contributed by atoms with Gasteiger partial charge in [-0.05, 0) is 25.0 Å². The van der Waals surface area contributed by atoms with Crippen LogP contribution in [-0.4, -0.2) is 31.0 Å². The van der Waals surface area contributed by atoms with E-state index in [0.29, 0.717) is 18.8 Å². The Hall–Kier alpha value is -1.78. The minimum absolute atomic E-state index is 0.00521. The molecule has 0 bridgehead atoms. The lowest BCUT2D eigenvalue weighted by Crippen LogP contribution is -2.35. The van der Waals surface area contributed by atoms with Crippen LogP contribution in [0.25, 0.3) is 0 Å². The number of amides is 1. The number of carbonyl (C=O) groups is 1. The van der Waals surface area contributed by atoms with Crippen LogP contribution in [0.1, 0.15) is 18.9 Å². The second-order valence-corrected chi connectivity index (χ2v) is 4.11. The molecule has 0 radical (unpaired) electrons. The molecule has 0 saturated carbocycles. The second kappa shape index (κ2) is 6.08. The predicted octanol–water partition coefficient (Wildman–Crippen LogP) is 0.935. The molecule has 1 heterocycles. The second-order valence-electron chi connectivity index (χ2n) is 4.11. The lowest BCUT2D eigenvalue weighted by atomic mass is 10.2. The van der Waals surface area contributed by atoms with Crippen LogP contribution < -0.4 is 16.0 Å². The highest BCUT2D eigenvalue weighted by Crippen LogP contribution is 2.15. The third kappa shape index (κ3) is 3.94. The van der Waals surface area contributed by atoms with Gasteiger partial charge in [-0.2, -0.15) is 0 Å². The fraction of sp³-hybridized carbons (Fsp3) is 0.500. The first kappa shape index (κ1) is 13.3. The minimum atomic E-state index is 0.00521. The standard InChI is InChI=1S/C12H20N4O/c1-4-5-14-12(17)8-16(3)11-6-9(2)10(13)7-15-11/h6-7H,4-5,8,13H2,1-3H3,(H,14,17). The largest absolute Gasteiger partial charge is 0.397 e. The first-order valence-electron chi connectivity index (χ1n) is 5.74. The van der Waals surface area contributed by atoms with E-state index in [1.165, 1.54) is 0 Å². The van der Waals surface area contributed by atoms with Crippen molar-refractivity contribution in [3.8, 4) is 0 Å². The molecular weight excluding hydrogens is 216 g/mol.